The minimum absolute atomic E-state index is 0.200. The quantitative estimate of drug-likeness (QED) is 0.696. The van der Waals surface area contributed by atoms with Crippen molar-refractivity contribution in [3.8, 4) is 0 Å². The lowest BCUT2D eigenvalue weighted by molar-refractivity contribution is 0.0571. The molecule has 1 aliphatic heterocycles. The summed E-state index contributed by atoms with van der Waals surface area (Å²) in [5.74, 6) is 0. The van der Waals surface area contributed by atoms with E-state index in [4.69, 9.17) is 10.5 Å². The molecule has 0 aromatic carbocycles. The summed E-state index contributed by atoms with van der Waals surface area (Å²) in [5, 5.41) is 3.70. The van der Waals surface area contributed by atoms with E-state index in [1.807, 2.05) is 0 Å². The number of nitrogens with one attached hydrogen (secondary N) is 1. The van der Waals surface area contributed by atoms with Gasteiger partial charge in [-0.3, -0.25) is 0 Å². The molecule has 3 N–H and O–H groups in total. The van der Waals surface area contributed by atoms with Gasteiger partial charge in [0.2, 0.25) is 0 Å². The van der Waals surface area contributed by atoms with E-state index in [1.54, 1.807) is 0 Å². The molecule has 0 unspecified atom stereocenters. The third kappa shape index (κ3) is 2.69. The molecule has 1 aliphatic carbocycles. The van der Waals surface area contributed by atoms with Gasteiger partial charge < -0.3 is 15.8 Å². The lowest BCUT2D eigenvalue weighted by Gasteiger charge is -2.34. The van der Waals surface area contributed by atoms with Crippen LogP contribution in [0.4, 0.5) is 0 Å². The summed E-state index contributed by atoms with van der Waals surface area (Å²) in [4.78, 5) is 0. The molecule has 0 bridgehead atoms. The van der Waals surface area contributed by atoms with Crippen molar-refractivity contribution in [2.45, 2.75) is 56.7 Å². The standard InChI is InChI=1S/C11H22N2O/c12-10-8-14-7-6-11(10)13-9-4-2-1-3-5-9/h9-11,13H,1-8,12H2/t10-,11-/m1/s1. The first kappa shape index (κ1) is 10.4. The topological polar surface area (TPSA) is 47.3 Å². The molecule has 0 spiro atoms. The second-order valence-corrected chi connectivity index (χ2v) is 4.64. The van der Waals surface area contributed by atoms with E-state index in [-0.39, 0.29) is 6.04 Å². The van der Waals surface area contributed by atoms with E-state index in [2.05, 4.69) is 5.32 Å². The molecule has 0 amide bonds. The van der Waals surface area contributed by atoms with Crippen LogP contribution in [0, 0.1) is 0 Å². The largest absolute Gasteiger partial charge is 0.380 e. The number of nitrogens with two attached hydrogens (primary N) is 1. The van der Waals surface area contributed by atoms with E-state index < -0.39 is 0 Å². The third-order valence-corrected chi connectivity index (χ3v) is 3.46. The first-order valence-corrected chi connectivity index (χ1v) is 5.95. The van der Waals surface area contributed by atoms with Gasteiger partial charge >= 0.3 is 0 Å². The maximum absolute atomic E-state index is 6.01. The van der Waals surface area contributed by atoms with Crippen molar-refractivity contribution in [3.63, 3.8) is 0 Å². The van der Waals surface area contributed by atoms with Crippen molar-refractivity contribution in [3.05, 3.63) is 0 Å². The summed E-state index contributed by atoms with van der Waals surface area (Å²) in [6.45, 7) is 1.60. The Bertz CT molecular complexity index is 169. The average Bonchev–Trinajstić information content (AvgIpc) is 2.23. The maximum Gasteiger partial charge on any atom is 0.0632 e. The Balaban J connectivity index is 1.76. The van der Waals surface area contributed by atoms with Crippen LogP contribution in [0.25, 0.3) is 0 Å². The monoisotopic (exact) mass is 198 g/mol. The van der Waals surface area contributed by atoms with Crippen molar-refractivity contribution in [1.82, 2.24) is 5.32 Å². The van der Waals surface area contributed by atoms with Crippen molar-refractivity contribution in [2.75, 3.05) is 13.2 Å². The predicted octanol–water partition coefficient (Wildman–Crippen LogP) is 1.02. The molecular weight excluding hydrogens is 176 g/mol. The molecule has 1 heterocycles. The highest BCUT2D eigenvalue weighted by Gasteiger charge is 2.25. The summed E-state index contributed by atoms with van der Waals surface area (Å²) in [5.41, 5.74) is 6.01. The van der Waals surface area contributed by atoms with Crippen LogP contribution in [-0.2, 0) is 4.74 Å². The summed E-state index contributed by atoms with van der Waals surface area (Å²) in [7, 11) is 0. The lowest BCUT2D eigenvalue weighted by Crippen LogP contribution is -2.54. The molecule has 14 heavy (non-hydrogen) atoms. The third-order valence-electron chi connectivity index (χ3n) is 3.46. The average molecular weight is 198 g/mol. The summed E-state index contributed by atoms with van der Waals surface area (Å²) in [6.07, 6.45) is 7.94. The molecule has 3 heteroatoms. The van der Waals surface area contributed by atoms with Gasteiger partial charge in [-0.1, -0.05) is 19.3 Å². The second-order valence-electron chi connectivity index (χ2n) is 4.64. The van der Waals surface area contributed by atoms with Crippen LogP contribution < -0.4 is 11.1 Å². The van der Waals surface area contributed by atoms with E-state index >= 15 is 0 Å². The van der Waals surface area contributed by atoms with Crippen molar-refractivity contribution in [1.29, 1.82) is 0 Å². The fourth-order valence-electron chi connectivity index (χ4n) is 2.54. The van der Waals surface area contributed by atoms with Gasteiger partial charge in [-0.05, 0) is 19.3 Å². The van der Waals surface area contributed by atoms with Gasteiger partial charge in [0, 0.05) is 24.7 Å². The van der Waals surface area contributed by atoms with Crippen LogP contribution in [0.5, 0.6) is 0 Å². The Kier molecular flexibility index (Phi) is 3.79. The molecule has 3 nitrogen and oxygen atoms in total. The van der Waals surface area contributed by atoms with Crippen molar-refractivity contribution >= 4 is 0 Å². The number of hydrogen-bond acceptors (Lipinski definition) is 3. The summed E-state index contributed by atoms with van der Waals surface area (Å²) < 4.78 is 5.34. The van der Waals surface area contributed by atoms with E-state index in [0.29, 0.717) is 6.04 Å². The molecule has 0 aromatic rings. The van der Waals surface area contributed by atoms with Gasteiger partial charge in [-0.2, -0.15) is 0 Å². The van der Waals surface area contributed by atoms with Crippen LogP contribution in [-0.4, -0.2) is 31.3 Å². The molecule has 2 rings (SSSR count). The fraction of sp³-hybridized carbons (Fsp3) is 1.00. The first-order valence-electron chi connectivity index (χ1n) is 5.95. The first-order chi connectivity index (χ1) is 6.86. The van der Waals surface area contributed by atoms with Gasteiger partial charge in [-0.25, -0.2) is 0 Å². The SMILES string of the molecule is N[C@@H]1COCC[C@H]1NC1CCCCC1. The Morgan fingerprint density at radius 3 is 2.57 bits per heavy atom. The highest BCUT2D eigenvalue weighted by Crippen LogP contribution is 2.19. The molecular formula is C11H22N2O. The highest BCUT2D eigenvalue weighted by molar-refractivity contribution is 4.86. The Labute approximate surface area is 86.4 Å². The van der Waals surface area contributed by atoms with Crippen LogP contribution in [0.15, 0.2) is 0 Å². The van der Waals surface area contributed by atoms with Gasteiger partial charge in [0.1, 0.15) is 0 Å². The van der Waals surface area contributed by atoms with Crippen LogP contribution in [0.1, 0.15) is 38.5 Å². The Hall–Kier alpha value is -0.120. The molecule has 1 saturated heterocycles. The van der Waals surface area contributed by atoms with Gasteiger partial charge in [0.25, 0.3) is 0 Å². The van der Waals surface area contributed by atoms with E-state index in [1.165, 1.54) is 32.1 Å². The van der Waals surface area contributed by atoms with Gasteiger partial charge in [-0.15, -0.1) is 0 Å². The molecule has 2 atom stereocenters. The number of hydrogen-bond donors (Lipinski definition) is 2. The maximum atomic E-state index is 6.01. The minimum atomic E-state index is 0.200. The zero-order valence-corrected chi connectivity index (χ0v) is 8.87. The number of ether oxygens (including phenoxy) is 1. The smallest absolute Gasteiger partial charge is 0.0632 e. The molecule has 1 saturated carbocycles. The summed E-state index contributed by atoms with van der Waals surface area (Å²) in [6, 6.07) is 1.41. The molecule has 0 aromatic heterocycles. The Morgan fingerprint density at radius 2 is 1.86 bits per heavy atom. The molecule has 2 fully saturated rings. The predicted molar refractivity (Wildman–Crippen MR) is 57.2 cm³/mol. The van der Waals surface area contributed by atoms with Gasteiger partial charge in [0.15, 0.2) is 0 Å². The van der Waals surface area contributed by atoms with Crippen LogP contribution in [0.3, 0.4) is 0 Å². The zero-order chi connectivity index (χ0) is 9.80. The Morgan fingerprint density at radius 1 is 1.07 bits per heavy atom. The van der Waals surface area contributed by atoms with E-state index in [0.717, 1.165) is 25.7 Å². The molecule has 2 aliphatic rings. The van der Waals surface area contributed by atoms with Crippen LogP contribution >= 0.6 is 0 Å². The molecule has 82 valence electrons. The van der Waals surface area contributed by atoms with Crippen molar-refractivity contribution < 1.29 is 4.74 Å². The van der Waals surface area contributed by atoms with Gasteiger partial charge in [0.05, 0.1) is 6.61 Å². The summed E-state index contributed by atoms with van der Waals surface area (Å²) >= 11 is 0. The normalized spacial score (nSPS) is 35.8. The number of rotatable bonds is 2. The molecule has 0 radical (unpaired) electrons. The van der Waals surface area contributed by atoms with Crippen LogP contribution in [0.2, 0.25) is 0 Å². The van der Waals surface area contributed by atoms with Crippen molar-refractivity contribution in [2.24, 2.45) is 5.73 Å². The second kappa shape index (κ2) is 5.10. The van der Waals surface area contributed by atoms with E-state index in [9.17, 15) is 0 Å². The highest BCUT2D eigenvalue weighted by atomic mass is 16.5. The lowest BCUT2D eigenvalue weighted by atomic mass is 9.93. The fourth-order valence-corrected chi connectivity index (χ4v) is 2.54. The zero-order valence-electron chi connectivity index (χ0n) is 8.87. The minimum Gasteiger partial charge on any atom is -0.380 e.